The van der Waals surface area contributed by atoms with Gasteiger partial charge in [0.05, 0.1) is 18.1 Å². The fourth-order valence-corrected chi connectivity index (χ4v) is 5.54. The van der Waals surface area contributed by atoms with Crippen LogP contribution >= 0.6 is 11.6 Å². The Labute approximate surface area is 186 Å². The van der Waals surface area contributed by atoms with Gasteiger partial charge >= 0.3 is 0 Å². The van der Waals surface area contributed by atoms with E-state index in [1.807, 2.05) is 36.4 Å². The summed E-state index contributed by atoms with van der Waals surface area (Å²) >= 11 is 6.06. The average Bonchev–Trinajstić information content (AvgIpc) is 3.37. The summed E-state index contributed by atoms with van der Waals surface area (Å²) in [5.74, 6) is 1.51. The Balaban J connectivity index is 1.51. The average molecular weight is 460 g/mol. The van der Waals surface area contributed by atoms with Gasteiger partial charge in [-0.05, 0) is 42.8 Å². The molecule has 1 aliphatic rings. The summed E-state index contributed by atoms with van der Waals surface area (Å²) in [5, 5.41) is 0.599. The highest BCUT2D eigenvalue weighted by Gasteiger charge is 2.35. The molecule has 0 radical (unpaired) electrons. The molecule has 2 heterocycles. The first kappa shape index (κ1) is 21.5. The minimum absolute atomic E-state index is 0.0497. The molecule has 1 atom stereocenters. The second kappa shape index (κ2) is 9.16. The molecule has 1 fully saturated rings. The lowest BCUT2D eigenvalue weighted by atomic mass is 10.2. The molecule has 1 aliphatic heterocycles. The molecule has 162 valence electrons. The van der Waals surface area contributed by atoms with Gasteiger partial charge in [-0.3, -0.25) is 4.79 Å². The van der Waals surface area contributed by atoms with E-state index in [9.17, 15) is 13.2 Å². The number of halogens is 1. The summed E-state index contributed by atoms with van der Waals surface area (Å²) < 4.78 is 35.6. The molecular weight excluding hydrogens is 438 g/mol. The van der Waals surface area contributed by atoms with Crippen molar-refractivity contribution in [1.29, 1.82) is 0 Å². The van der Waals surface area contributed by atoms with Gasteiger partial charge in [0.25, 0.3) is 5.91 Å². The summed E-state index contributed by atoms with van der Waals surface area (Å²) in [6, 6.07) is 19.5. The van der Waals surface area contributed by atoms with Crippen LogP contribution in [0.1, 0.15) is 12.2 Å². The summed E-state index contributed by atoms with van der Waals surface area (Å²) in [4.78, 5) is 14.5. The molecule has 8 heteroatoms. The molecule has 1 amide bonds. The molecule has 0 bridgehead atoms. The van der Waals surface area contributed by atoms with E-state index in [0.29, 0.717) is 28.7 Å². The molecule has 6 nitrogen and oxygen atoms in total. The number of nitrogens with zero attached hydrogens (tertiary/aromatic N) is 1. The van der Waals surface area contributed by atoms with Crippen LogP contribution in [0.3, 0.4) is 0 Å². The minimum atomic E-state index is -3.16. The highest BCUT2D eigenvalue weighted by Crippen LogP contribution is 2.27. The predicted molar refractivity (Wildman–Crippen MR) is 119 cm³/mol. The van der Waals surface area contributed by atoms with Crippen LogP contribution in [0.2, 0.25) is 5.02 Å². The third-order valence-electron chi connectivity index (χ3n) is 5.17. The number of carbonyl (C=O) groups excluding carboxylic acids is 1. The number of carbonyl (C=O) groups is 1. The van der Waals surface area contributed by atoms with E-state index in [1.165, 1.54) is 0 Å². The largest absolute Gasteiger partial charge is 0.484 e. The van der Waals surface area contributed by atoms with Crippen molar-refractivity contribution in [3.8, 4) is 17.1 Å². The van der Waals surface area contributed by atoms with E-state index in [1.54, 1.807) is 35.2 Å². The number of hydrogen-bond acceptors (Lipinski definition) is 5. The quantitative estimate of drug-likeness (QED) is 0.529. The summed E-state index contributed by atoms with van der Waals surface area (Å²) in [6.07, 6.45) is 0.404. The zero-order chi connectivity index (χ0) is 21.8. The fraction of sp³-hybridized carbons (Fsp3) is 0.261. The van der Waals surface area contributed by atoms with E-state index in [0.717, 1.165) is 5.56 Å². The normalized spacial score (nSPS) is 17.4. The van der Waals surface area contributed by atoms with Gasteiger partial charge in [0.2, 0.25) is 0 Å². The lowest BCUT2D eigenvalue weighted by Crippen LogP contribution is -2.43. The second-order valence-electron chi connectivity index (χ2n) is 7.46. The number of furan rings is 1. The Hall–Kier alpha value is -2.77. The number of benzene rings is 2. The molecule has 0 saturated carbocycles. The standard InChI is InChI=1S/C23H22ClNO5S/c24-18-6-4-5-17(13-18)22-10-9-21(30-22)14-25(19-11-12-31(27,28)16-19)23(26)15-29-20-7-2-1-3-8-20/h1-10,13,19H,11-12,14-16H2. The second-order valence-corrected chi connectivity index (χ2v) is 10.1. The van der Waals surface area contributed by atoms with Crippen molar-refractivity contribution in [1.82, 2.24) is 4.90 Å². The maximum absolute atomic E-state index is 13.0. The van der Waals surface area contributed by atoms with E-state index < -0.39 is 15.9 Å². The third-order valence-corrected chi connectivity index (χ3v) is 7.16. The topological polar surface area (TPSA) is 76.8 Å². The van der Waals surface area contributed by atoms with Crippen LogP contribution in [0.4, 0.5) is 0 Å². The Morgan fingerprint density at radius 1 is 1.10 bits per heavy atom. The van der Waals surface area contributed by atoms with E-state index in [4.69, 9.17) is 20.8 Å². The van der Waals surface area contributed by atoms with Crippen LogP contribution in [0, 0.1) is 0 Å². The molecule has 1 aromatic heterocycles. The maximum atomic E-state index is 13.0. The van der Waals surface area contributed by atoms with Crippen LogP contribution in [-0.4, -0.2) is 43.4 Å². The smallest absolute Gasteiger partial charge is 0.261 e. The van der Waals surface area contributed by atoms with E-state index in [-0.39, 0.29) is 30.6 Å². The first-order valence-corrected chi connectivity index (χ1v) is 12.1. The molecule has 4 rings (SSSR count). The van der Waals surface area contributed by atoms with Gasteiger partial charge in [-0.25, -0.2) is 8.42 Å². The highest BCUT2D eigenvalue weighted by atomic mass is 35.5. The van der Waals surface area contributed by atoms with Crippen molar-refractivity contribution in [2.24, 2.45) is 0 Å². The van der Waals surface area contributed by atoms with Crippen molar-refractivity contribution in [3.63, 3.8) is 0 Å². The molecule has 31 heavy (non-hydrogen) atoms. The van der Waals surface area contributed by atoms with Gasteiger partial charge in [0.1, 0.15) is 17.3 Å². The lowest BCUT2D eigenvalue weighted by molar-refractivity contribution is -0.136. The number of ether oxygens (including phenoxy) is 1. The van der Waals surface area contributed by atoms with Crippen LogP contribution in [0.25, 0.3) is 11.3 Å². The Kier molecular flexibility index (Phi) is 6.34. The van der Waals surface area contributed by atoms with Crippen molar-refractivity contribution in [2.45, 2.75) is 19.0 Å². The Morgan fingerprint density at radius 2 is 1.90 bits per heavy atom. The molecule has 1 unspecified atom stereocenters. The first-order valence-electron chi connectivity index (χ1n) is 9.92. The lowest BCUT2D eigenvalue weighted by Gasteiger charge is -2.27. The number of rotatable bonds is 7. The third kappa shape index (κ3) is 5.48. The number of sulfone groups is 1. The van der Waals surface area contributed by atoms with Gasteiger partial charge < -0.3 is 14.1 Å². The molecule has 0 aliphatic carbocycles. The number of amides is 1. The monoisotopic (exact) mass is 459 g/mol. The predicted octanol–water partition coefficient (Wildman–Crippen LogP) is 4.19. The molecule has 0 spiro atoms. The molecule has 0 N–H and O–H groups in total. The zero-order valence-corrected chi connectivity index (χ0v) is 18.3. The van der Waals surface area contributed by atoms with Crippen molar-refractivity contribution < 1.29 is 22.4 Å². The van der Waals surface area contributed by atoms with Gasteiger partial charge in [0.15, 0.2) is 16.4 Å². The Bertz CT molecular complexity index is 1160. The highest BCUT2D eigenvalue weighted by molar-refractivity contribution is 7.91. The van der Waals surface area contributed by atoms with Gasteiger partial charge in [-0.2, -0.15) is 0 Å². The number of para-hydroxylation sites is 1. The minimum Gasteiger partial charge on any atom is -0.484 e. The zero-order valence-electron chi connectivity index (χ0n) is 16.7. The van der Waals surface area contributed by atoms with Crippen LogP contribution < -0.4 is 4.74 Å². The maximum Gasteiger partial charge on any atom is 0.261 e. The van der Waals surface area contributed by atoms with E-state index in [2.05, 4.69) is 0 Å². The summed E-state index contributed by atoms with van der Waals surface area (Å²) in [5.41, 5.74) is 0.826. The van der Waals surface area contributed by atoms with E-state index >= 15 is 0 Å². The van der Waals surface area contributed by atoms with Crippen LogP contribution in [0.15, 0.2) is 71.1 Å². The molecule has 1 saturated heterocycles. The van der Waals surface area contributed by atoms with Crippen molar-refractivity contribution in [2.75, 3.05) is 18.1 Å². The van der Waals surface area contributed by atoms with Crippen molar-refractivity contribution >= 4 is 27.3 Å². The van der Waals surface area contributed by atoms with Crippen molar-refractivity contribution in [3.05, 3.63) is 77.5 Å². The first-order chi connectivity index (χ1) is 14.9. The van der Waals surface area contributed by atoms with Crippen LogP contribution in [-0.2, 0) is 21.2 Å². The van der Waals surface area contributed by atoms with Gasteiger partial charge in [-0.15, -0.1) is 0 Å². The van der Waals surface area contributed by atoms with Crippen LogP contribution in [0.5, 0.6) is 5.75 Å². The van der Waals surface area contributed by atoms with Gasteiger partial charge in [-0.1, -0.05) is 41.9 Å². The Morgan fingerprint density at radius 3 is 2.61 bits per heavy atom. The molecule has 3 aromatic rings. The summed E-state index contributed by atoms with van der Waals surface area (Å²) in [6.45, 7) is -0.0137. The SMILES string of the molecule is O=C(COc1ccccc1)N(Cc1ccc(-c2cccc(Cl)c2)o1)C1CCS(=O)(=O)C1. The molecular formula is C23H22ClNO5S. The number of hydrogen-bond donors (Lipinski definition) is 0. The fourth-order valence-electron chi connectivity index (χ4n) is 3.61. The summed E-state index contributed by atoms with van der Waals surface area (Å²) in [7, 11) is -3.16. The molecule has 2 aromatic carbocycles. The van der Waals surface area contributed by atoms with Gasteiger partial charge in [0, 0.05) is 16.6 Å².